The maximum Gasteiger partial charge on any atom is 0.470 e. The molecule has 1 atom stereocenters. The number of phosphoric ester groups is 1. The third-order valence-corrected chi connectivity index (χ3v) is 2.37. The molecule has 0 aliphatic carbocycles. The highest BCUT2D eigenvalue weighted by atomic mass is 31.2. The predicted octanol–water partition coefficient (Wildman–Crippen LogP) is 2.61. The van der Waals surface area contributed by atoms with Crippen LogP contribution in [0.3, 0.4) is 0 Å². The molecule has 0 aliphatic rings. The number of rotatable bonds is 5. The molecule has 0 fully saturated rings. The molecule has 0 aliphatic heterocycles. The number of hydrogen-bond donors (Lipinski definition) is 2. The Bertz CT molecular complexity index is 249. The molecule has 0 bridgehead atoms. The van der Waals surface area contributed by atoms with E-state index < -0.39 is 26.0 Å². The molecule has 4 nitrogen and oxygen atoms in total. The normalized spacial score (nSPS) is 17.5. The standard InChI is InChI=1S/C7H14F3O4P/c1-3-4-6(2,5-7(8,9)10)14-15(11,12)13/h3-5H2,1-2H3,(H2,11,12,13). The van der Waals surface area contributed by atoms with Crippen LogP contribution in [0.1, 0.15) is 33.1 Å². The van der Waals surface area contributed by atoms with Crippen molar-refractivity contribution in [1.82, 2.24) is 0 Å². The Morgan fingerprint density at radius 1 is 1.33 bits per heavy atom. The van der Waals surface area contributed by atoms with Crippen molar-refractivity contribution in [3.63, 3.8) is 0 Å². The van der Waals surface area contributed by atoms with Gasteiger partial charge < -0.3 is 9.79 Å². The van der Waals surface area contributed by atoms with Gasteiger partial charge in [-0.05, 0) is 13.3 Å². The van der Waals surface area contributed by atoms with Gasteiger partial charge in [0, 0.05) is 0 Å². The highest BCUT2D eigenvalue weighted by Crippen LogP contribution is 2.46. The van der Waals surface area contributed by atoms with Gasteiger partial charge in [0.25, 0.3) is 0 Å². The third-order valence-electron chi connectivity index (χ3n) is 1.69. The summed E-state index contributed by atoms with van der Waals surface area (Å²) in [4.78, 5) is 17.0. The van der Waals surface area contributed by atoms with Crippen LogP contribution in [0.4, 0.5) is 13.2 Å². The number of phosphoric acid groups is 1. The van der Waals surface area contributed by atoms with E-state index in [0.717, 1.165) is 6.92 Å². The lowest BCUT2D eigenvalue weighted by molar-refractivity contribution is -0.170. The van der Waals surface area contributed by atoms with Gasteiger partial charge in [-0.15, -0.1) is 0 Å². The van der Waals surface area contributed by atoms with E-state index in [2.05, 4.69) is 4.52 Å². The topological polar surface area (TPSA) is 66.8 Å². The molecule has 8 heteroatoms. The molecule has 1 unspecified atom stereocenters. The van der Waals surface area contributed by atoms with Crippen LogP contribution in [0, 0.1) is 0 Å². The van der Waals surface area contributed by atoms with Crippen molar-refractivity contribution in [3.05, 3.63) is 0 Å². The van der Waals surface area contributed by atoms with Gasteiger partial charge >= 0.3 is 14.0 Å². The Balaban J connectivity index is 4.67. The summed E-state index contributed by atoms with van der Waals surface area (Å²) in [7, 11) is -4.90. The minimum absolute atomic E-state index is 0.0718. The van der Waals surface area contributed by atoms with Crippen molar-refractivity contribution in [2.75, 3.05) is 0 Å². The van der Waals surface area contributed by atoms with Crippen LogP contribution in [0.25, 0.3) is 0 Å². The first-order valence-electron chi connectivity index (χ1n) is 4.30. The molecule has 92 valence electrons. The number of alkyl halides is 3. The van der Waals surface area contributed by atoms with Crippen molar-refractivity contribution in [2.24, 2.45) is 0 Å². The van der Waals surface area contributed by atoms with Crippen molar-refractivity contribution in [3.8, 4) is 0 Å². The van der Waals surface area contributed by atoms with Crippen LogP contribution in [-0.2, 0) is 9.09 Å². The molecular formula is C7H14F3O4P. The first kappa shape index (κ1) is 14.9. The minimum Gasteiger partial charge on any atom is -0.303 e. The SMILES string of the molecule is CCCC(C)(CC(F)(F)F)OP(=O)(O)O. The van der Waals surface area contributed by atoms with Crippen LogP contribution in [0.15, 0.2) is 0 Å². The zero-order chi connectivity index (χ0) is 12.3. The van der Waals surface area contributed by atoms with Crippen molar-refractivity contribution >= 4 is 7.82 Å². The second kappa shape index (κ2) is 4.82. The van der Waals surface area contributed by atoms with E-state index in [0.29, 0.717) is 6.42 Å². The van der Waals surface area contributed by atoms with Gasteiger partial charge in [0.1, 0.15) is 0 Å². The summed E-state index contributed by atoms with van der Waals surface area (Å²) < 4.78 is 51.1. The zero-order valence-electron chi connectivity index (χ0n) is 8.41. The first-order valence-corrected chi connectivity index (χ1v) is 5.83. The van der Waals surface area contributed by atoms with Gasteiger partial charge in [-0.25, -0.2) is 4.57 Å². The predicted molar refractivity (Wildman–Crippen MR) is 47.1 cm³/mol. The molecule has 0 amide bonds. The van der Waals surface area contributed by atoms with Crippen molar-refractivity contribution in [2.45, 2.75) is 44.9 Å². The Morgan fingerprint density at radius 3 is 2.07 bits per heavy atom. The van der Waals surface area contributed by atoms with E-state index in [9.17, 15) is 17.7 Å². The highest BCUT2D eigenvalue weighted by Gasteiger charge is 2.43. The van der Waals surface area contributed by atoms with Gasteiger partial charge in [0.15, 0.2) is 0 Å². The molecule has 0 rings (SSSR count). The molecular weight excluding hydrogens is 236 g/mol. The summed E-state index contributed by atoms with van der Waals surface area (Å²) in [5.41, 5.74) is -1.87. The van der Waals surface area contributed by atoms with Gasteiger partial charge in [-0.2, -0.15) is 13.2 Å². The third kappa shape index (κ3) is 7.79. The zero-order valence-corrected chi connectivity index (χ0v) is 9.31. The first-order chi connectivity index (χ1) is 6.47. The molecule has 15 heavy (non-hydrogen) atoms. The lowest BCUT2D eigenvalue weighted by atomic mass is 9.96. The summed E-state index contributed by atoms with van der Waals surface area (Å²) in [6, 6.07) is 0. The van der Waals surface area contributed by atoms with Gasteiger partial charge in [-0.1, -0.05) is 13.3 Å². The second-order valence-corrected chi connectivity index (χ2v) is 4.74. The quantitative estimate of drug-likeness (QED) is 0.736. The lowest BCUT2D eigenvalue weighted by Gasteiger charge is -2.30. The van der Waals surface area contributed by atoms with Gasteiger partial charge in [0.2, 0.25) is 0 Å². The van der Waals surface area contributed by atoms with E-state index >= 15 is 0 Å². The maximum absolute atomic E-state index is 12.1. The van der Waals surface area contributed by atoms with Crippen LogP contribution in [0.2, 0.25) is 0 Å². The summed E-state index contributed by atoms with van der Waals surface area (Å²) in [6.07, 6.45) is -5.62. The Morgan fingerprint density at radius 2 is 1.80 bits per heavy atom. The van der Waals surface area contributed by atoms with Crippen molar-refractivity contribution < 1.29 is 32.0 Å². The largest absolute Gasteiger partial charge is 0.470 e. The van der Waals surface area contributed by atoms with Crippen LogP contribution >= 0.6 is 7.82 Å². The molecule has 2 N–H and O–H groups in total. The lowest BCUT2D eigenvalue weighted by Crippen LogP contribution is -2.33. The smallest absolute Gasteiger partial charge is 0.303 e. The molecule has 0 aromatic carbocycles. The minimum atomic E-state index is -4.90. The Labute approximate surface area is 85.7 Å². The van der Waals surface area contributed by atoms with E-state index in [1.165, 1.54) is 0 Å². The average Bonchev–Trinajstić information content (AvgIpc) is 1.74. The van der Waals surface area contributed by atoms with E-state index in [4.69, 9.17) is 9.79 Å². The van der Waals surface area contributed by atoms with Crippen molar-refractivity contribution in [1.29, 1.82) is 0 Å². The van der Waals surface area contributed by atoms with E-state index in [1.54, 1.807) is 6.92 Å². The summed E-state index contributed by atoms with van der Waals surface area (Å²) in [6.45, 7) is 2.65. The fourth-order valence-electron chi connectivity index (χ4n) is 1.41. The van der Waals surface area contributed by atoms with Crippen LogP contribution < -0.4 is 0 Å². The maximum atomic E-state index is 12.1. The Hall–Kier alpha value is -0.100. The fourth-order valence-corrected chi connectivity index (χ4v) is 2.14. The molecule has 0 aromatic heterocycles. The average molecular weight is 250 g/mol. The van der Waals surface area contributed by atoms with Crippen LogP contribution in [-0.4, -0.2) is 21.6 Å². The Kier molecular flexibility index (Phi) is 4.79. The van der Waals surface area contributed by atoms with E-state index in [-0.39, 0.29) is 6.42 Å². The monoisotopic (exact) mass is 250 g/mol. The van der Waals surface area contributed by atoms with Gasteiger partial charge in [0.05, 0.1) is 12.0 Å². The van der Waals surface area contributed by atoms with Gasteiger partial charge in [-0.3, -0.25) is 4.52 Å². The molecule has 0 radical (unpaired) electrons. The van der Waals surface area contributed by atoms with E-state index in [1.807, 2.05) is 0 Å². The number of hydrogen-bond acceptors (Lipinski definition) is 2. The summed E-state index contributed by atoms with van der Waals surface area (Å²) >= 11 is 0. The molecule has 0 saturated carbocycles. The summed E-state index contributed by atoms with van der Waals surface area (Å²) in [5.74, 6) is 0. The molecule has 0 aromatic rings. The molecule has 0 spiro atoms. The fraction of sp³-hybridized carbons (Fsp3) is 1.00. The summed E-state index contributed by atoms with van der Waals surface area (Å²) in [5, 5.41) is 0. The highest BCUT2D eigenvalue weighted by molar-refractivity contribution is 7.46. The molecule has 0 saturated heterocycles. The number of halogens is 3. The second-order valence-electron chi connectivity index (χ2n) is 3.57. The molecule has 0 heterocycles. The van der Waals surface area contributed by atoms with Crippen LogP contribution in [0.5, 0.6) is 0 Å².